The number of thiophene rings is 1. The molecule has 63 heavy (non-hydrogen) atoms. The van der Waals surface area contributed by atoms with Crippen molar-refractivity contribution in [1.29, 1.82) is 0 Å². The molecule has 1 aromatic heterocycles. The van der Waals surface area contributed by atoms with Gasteiger partial charge in [0.25, 0.3) is 5.91 Å². The number of hydrogen-bond donors (Lipinski definition) is 1. The van der Waals surface area contributed by atoms with Gasteiger partial charge in [0.2, 0.25) is 31.3 Å². The lowest BCUT2D eigenvalue weighted by Gasteiger charge is -2.44. The molecule has 1 aromatic carbocycles. The summed E-state index contributed by atoms with van der Waals surface area (Å²) in [4.78, 5) is 87.1. The van der Waals surface area contributed by atoms with Crippen LogP contribution in [0.2, 0.25) is 0 Å². The van der Waals surface area contributed by atoms with Gasteiger partial charge in [0, 0.05) is 55.6 Å². The molecule has 21 heteroatoms. The molecule has 4 aliphatic rings. The molecule has 2 aromatic rings. The van der Waals surface area contributed by atoms with Gasteiger partial charge in [-0.3, -0.25) is 42.4 Å². The van der Waals surface area contributed by atoms with Crippen LogP contribution in [-0.4, -0.2) is 146 Å². The van der Waals surface area contributed by atoms with Crippen LogP contribution in [0.15, 0.2) is 24.3 Å². The molecule has 6 rings (SSSR count). The number of hydrogen-bond acceptors (Lipinski definition) is 14. The topological polar surface area (TPSA) is 191 Å². The number of alkyl halides is 2. The van der Waals surface area contributed by atoms with Gasteiger partial charge in [0.1, 0.15) is 12.1 Å². The Kier molecular flexibility index (Phi) is 14.7. The fourth-order valence-electron chi connectivity index (χ4n) is 7.80. The van der Waals surface area contributed by atoms with Gasteiger partial charge in [0.05, 0.1) is 34.8 Å². The van der Waals surface area contributed by atoms with E-state index in [0.717, 1.165) is 23.5 Å². The predicted molar refractivity (Wildman–Crippen MR) is 225 cm³/mol. The Labute approximate surface area is 369 Å². The monoisotopic (exact) mass is 925 g/mol. The van der Waals surface area contributed by atoms with Crippen LogP contribution in [0.4, 0.5) is 8.78 Å². The standard InChI is InChI=1S/C42H58F2N5O12PS/c1-8-46-14-13-29-10-11-31(37(53)48-21-27(22-48)35(51)47-15-17-57-18-16-47)49(29)36(52)30(23-46)45-34(50)33-20-26-19-28(9-12-32(26)63-33)42(43,44)62(56,60-24-58-38(54)40(2,3)4)61-25-59-39(55)41(5,6)7/h9,12,19-20,27,29-31H,8,10-11,13-18,21-25H2,1-7H3,(H,45,50)/t29-,30+,31+/m1/s1. The quantitative estimate of drug-likeness (QED) is 0.164. The zero-order valence-corrected chi connectivity index (χ0v) is 38.5. The van der Waals surface area contributed by atoms with Crippen molar-refractivity contribution in [3.63, 3.8) is 0 Å². The number of fused-ring (bicyclic) bond motifs is 2. The third kappa shape index (κ3) is 10.7. The number of benzene rings is 1. The lowest BCUT2D eigenvalue weighted by atomic mass is 9.96. The number of nitrogens with zero attached hydrogens (tertiary/aromatic N) is 4. The van der Waals surface area contributed by atoms with Crippen molar-refractivity contribution < 1.29 is 65.4 Å². The fraction of sp³-hybridized carbons (Fsp3) is 0.667. The molecule has 1 N–H and O–H groups in total. The largest absolute Gasteiger partial charge is 0.438 e. The summed E-state index contributed by atoms with van der Waals surface area (Å²) in [6.45, 7) is 12.7. The second-order valence-electron chi connectivity index (χ2n) is 18.3. The van der Waals surface area contributed by atoms with Gasteiger partial charge in [0.15, 0.2) is 0 Å². The molecular weight excluding hydrogens is 868 g/mol. The van der Waals surface area contributed by atoms with E-state index in [1.165, 1.54) is 53.7 Å². The van der Waals surface area contributed by atoms with E-state index in [9.17, 15) is 33.3 Å². The molecule has 4 amide bonds. The van der Waals surface area contributed by atoms with Crippen molar-refractivity contribution in [2.24, 2.45) is 16.7 Å². The van der Waals surface area contributed by atoms with E-state index >= 15 is 8.78 Å². The van der Waals surface area contributed by atoms with Crippen LogP contribution >= 0.6 is 18.9 Å². The van der Waals surface area contributed by atoms with E-state index < -0.39 is 79.1 Å². The van der Waals surface area contributed by atoms with Gasteiger partial charge in [-0.25, -0.2) is 0 Å². The second kappa shape index (κ2) is 19.2. The molecule has 0 bridgehead atoms. The van der Waals surface area contributed by atoms with Gasteiger partial charge in [-0.2, -0.15) is 8.78 Å². The fourth-order valence-corrected chi connectivity index (χ4v) is 9.99. The van der Waals surface area contributed by atoms with E-state index in [2.05, 4.69) is 10.2 Å². The Balaban J connectivity index is 1.17. The second-order valence-corrected chi connectivity index (χ2v) is 21.5. The molecule has 348 valence electrons. The molecular formula is C42H58F2N5O12PS. The number of nitrogens with one attached hydrogen (secondary N) is 1. The van der Waals surface area contributed by atoms with E-state index in [4.69, 9.17) is 23.3 Å². The first kappa shape index (κ1) is 48.4. The Morgan fingerprint density at radius 2 is 1.46 bits per heavy atom. The first-order valence-corrected chi connectivity index (χ1v) is 23.6. The van der Waals surface area contributed by atoms with E-state index in [0.29, 0.717) is 63.4 Å². The molecule has 4 fully saturated rings. The van der Waals surface area contributed by atoms with Crippen molar-refractivity contribution in [2.75, 3.05) is 72.6 Å². The zero-order valence-electron chi connectivity index (χ0n) is 36.8. The lowest BCUT2D eigenvalue weighted by molar-refractivity contribution is -0.163. The van der Waals surface area contributed by atoms with Crippen molar-refractivity contribution in [2.45, 2.75) is 91.5 Å². The Hall–Kier alpha value is -4.07. The molecule has 5 heterocycles. The first-order chi connectivity index (χ1) is 29.5. The number of likely N-dealkylation sites (tertiary alicyclic amines) is 1. The average Bonchev–Trinajstić information content (AvgIpc) is 3.84. The summed E-state index contributed by atoms with van der Waals surface area (Å²) in [7, 11) is -5.60. The van der Waals surface area contributed by atoms with Gasteiger partial charge in [-0.15, -0.1) is 11.3 Å². The summed E-state index contributed by atoms with van der Waals surface area (Å²) in [6, 6.07) is 2.68. The van der Waals surface area contributed by atoms with Crippen LogP contribution in [0.3, 0.4) is 0 Å². The SMILES string of the molecule is CCN1CC[C@H]2CC[C@@H](C(=O)N3CC(C(=O)N4CCOCC4)C3)N2C(=O)[C@@H](NC(=O)c2cc3cc(C(F)(F)P(=O)(OCOC(=O)C(C)(C)C)OCOC(=O)C(C)(C)C)ccc3s2)C1. The van der Waals surface area contributed by atoms with Crippen molar-refractivity contribution >= 4 is 64.6 Å². The van der Waals surface area contributed by atoms with Gasteiger partial charge in [-0.1, -0.05) is 13.0 Å². The zero-order chi connectivity index (χ0) is 46.1. The van der Waals surface area contributed by atoms with Crippen LogP contribution in [-0.2, 0) is 57.5 Å². The average molecular weight is 926 g/mol. The van der Waals surface area contributed by atoms with E-state index in [-0.39, 0.29) is 53.7 Å². The lowest BCUT2D eigenvalue weighted by Crippen LogP contribution is -2.64. The highest BCUT2D eigenvalue weighted by Crippen LogP contribution is 2.67. The Morgan fingerprint density at radius 1 is 0.841 bits per heavy atom. The van der Waals surface area contributed by atoms with Gasteiger partial charge >= 0.3 is 25.2 Å². The maximum Gasteiger partial charge on any atom is 0.410 e. The minimum Gasteiger partial charge on any atom is -0.438 e. The molecule has 0 unspecified atom stereocenters. The number of morpholine rings is 1. The molecule has 4 aliphatic heterocycles. The highest BCUT2D eigenvalue weighted by atomic mass is 32.1. The number of rotatable bonds is 13. The molecule has 17 nitrogen and oxygen atoms in total. The minimum atomic E-state index is -5.60. The highest BCUT2D eigenvalue weighted by Gasteiger charge is 2.56. The van der Waals surface area contributed by atoms with Crippen molar-refractivity contribution in [3.8, 4) is 0 Å². The molecule has 0 saturated carbocycles. The maximum atomic E-state index is 16.3. The van der Waals surface area contributed by atoms with Crippen LogP contribution in [0.5, 0.6) is 0 Å². The summed E-state index contributed by atoms with van der Waals surface area (Å²) < 4.78 is 72.2. The third-order valence-corrected chi connectivity index (χ3v) is 14.6. The van der Waals surface area contributed by atoms with Crippen LogP contribution < -0.4 is 5.32 Å². The predicted octanol–water partition coefficient (Wildman–Crippen LogP) is 4.77. The van der Waals surface area contributed by atoms with Gasteiger partial charge < -0.3 is 39.1 Å². The molecule has 0 aliphatic carbocycles. The van der Waals surface area contributed by atoms with Crippen LogP contribution in [0.1, 0.15) is 83.0 Å². The number of amides is 4. The van der Waals surface area contributed by atoms with Crippen molar-refractivity contribution in [3.05, 3.63) is 34.7 Å². The summed E-state index contributed by atoms with van der Waals surface area (Å²) in [6.07, 6.45) is 1.72. The molecule has 3 atom stereocenters. The summed E-state index contributed by atoms with van der Waals surface area (Å²) in [5.41, 5.74) is -7.27. The number of ether oxygens (including phenoxy) is 3. The smallest absolute Gasteiger partial charge is 0.410 e. The first-order valence-electron chi connectivity index (χ1n) is 21.2. The Morgan fingerprint density at radius 3 is 2.05 bits per heavy atom. The normalized spacial score (nSPS) is 22.0. The number of halogens is 2. The van der Waals surface area contributed by atoms with Crippen LogP contribution in [0.25, 0.3) is 10.1 Å². The summed E-state index contributed by atoms with van der Waals surface area (Å²) in [5.74, 6) is -3.20. The highest BCUT2D eigenvalue weighted by molar-refractivity contribution is 7.54. The summed E-state index contributed by atoms with van der Waals surface area (Å²) in [5, 5.41) is 3.04. The number of likely N-dealkylation sites (N-methyl/N-ethyl adjacent to an activating group) is 1. The van der Waals surface area contributed by atoms with Gasteiger partial charge in [-0.05, 0) is 90.9 Å². The van der Waals surface area contributed by atoms with Crippen molar-refractivity contribution in [1.82, 2.24) is 24.9 Å². The van der Waals surface area contributed by atoms with E-state index in [1.807, 2.05) is 6.92 Å². The maximum absolute atomic E-state index is 16.3. The van der Waals surface area contributed by atoms with Crippen LogP contribution in [0, 0.1) is 16.7 Å². The third-order valence-electron chi connectivity index (χ3n) is 11.7. The molecule has 0 radical (unpaired) electrons. The number of esters is 2. The minimum absolute atomic E-state index is 0.00237. The molecule has 0 spiro atoms. The van der Waals surface area contributed by atoms with E-state index in [1.54, 1.807) is 14.7 Å². The summed E-state index contributed by atoms with van der Waals surface area (Å²) >= 11 is 0.988. The number of carbonyl (C=O) groups excluding carboxylic acids is 6. The number of carbonyl (C=O) groups is 6. The molecule has 4 saturated heterocycles. The Bertz CT molecular complexity index is 2080.